The third-order valence-electron chi connectivity index (χ3n) is 4.15. The molecule has 0 saturated carbocycles. The van der Waals surface area contributed by atoms with Crippen molar-refractivity contribution in [3.63, 3.8) is 0 Å². The number of aliphatic imine (C=N–C) groups is 1. The van der Waals surface area contributed by atoms with Gasteiger partial charge in [-0.05, 0) is 49.1 Å². The molecule has 0 spiro atoms. The molecular formula is C21H28N4O. The summed E-state index contributed by atoms with van der Waals surface area (Å²) in [5.41, 5.74) is 5.86. The number of amides is 1. The number of carbonyl (C=O) groups excluding carboxylic acids is 1. The van der Waals surface area contributed by atoms with Gasteiger partial charge in [0.2, 0.25) is 5.91 Å². The van der Waals surface area contributed by atoms with Crippen LogP contribution in [-0.2, 0) is 17.8 Å². The van der Waals surface area contributed by atoms with Gasteiger partial charge in [-0.1, -0.05) is 35.9 Å². The SMILES string of the molecule is CN=C(NCCc1ccc(NC(C)=O)cc1)NCc1ccc(C)cc1C. The van der Waals surface area contributed by atoms with Crippen LogP contribution in [0.2, 0.25) is 0 Å². The number of nitrogens with zero attached hydrogens (tertiary/aromatic N) is 1. The van der Waals surface area contributed by atoms with Crippen molar-refractivity contribution in [2.24, 2.45) is 4.99 Å². The van der Waals surface area contributed by atoms with Gasteiger partial charge in [-0.15, -0.1) is 0 Å². The number of anilines is 1. The Bertz CT molecular complexity index is 766. The fraction of sp³-hybridized carbons (Fsp3) is 0.333. The van der Waals surface area contributed by atoms with Crippen molar-refractivity contribution in [2.45, 2.75) is 33.7 Å². The highest BCUT2D eigenvalue weighted by molar-refractivity contribution is 5.88. The second kappa shape index (κ2) is 9.61. The smallest absolute Gasteiger partial charge is 0.221 e. The van der Waals surface area contributed by atoms with Crippen LogP contribution in [0.1, 0.15) is 29.2 Å². The zero-order valence-corrected chi connectivity index (χ0v) is 16.0. The van der Waals surface area contributed by atoms with E-state index in [9.17, 15) is 4.79 Å². The van der Waals surface area contributed by atoms with Crippen LogP contribution in [0.5, 0.6) is 0 Å². The molecule has 0 aliphatic carbocycles. The summed E-state index contributed by atoms with van der Waals surface area (Å²) in [5.74, 6) is 0.734. The Kier molecular flexibility index (Phi) is 7.21. The molecule has 3 N–H and O–H groups in total. The van der Waals surface area contributed by atoms with E-state index in [-0.39, 0.29) is 5.91 Å². The Morgan fingerprint density at radius 1 is 1.04 bits per heavy atom. The van der Waals surface area contributed by atoms with E-state index < -0.39 is 0 Å². The van der Waals surface area contributed by atoms with Gasteiger partial charge in [-0.2, -0.15) is 0 Å². The molecule has 0 aliphatic rings. The summed E-state index contributed by atoms with van der Waals surface area (Å²) in [7, 11) is 1.78. The average Bonchev–Trinajstić information content (AvgIpc) is 2.60. The lowest BCUT2D eigenvalue weighted by atomic mass is 10.1. The number of benzene rings is 2. The van der Waals surface area contributed by atoms with Crippen LogP contribution in [0.25, 0.3) is 0 Å². The molecule has 138 valence electrons. The van der Waals surface area contributed by atoms with Gasteiger partial charge in [0.25, 0.3) is 0 Å². The van der Waals surface area contributed by atoms with Crippen molar-refractivity contribution >= 4 is 17.6 Å². The van der Waals surface area contributed by atoms with Gasteiger partial charge in [-0.3, -0.25) is 9.79 Å². The summed E-state index contributed by atoms with van der Waals surface area (Å²) in [4.78, 5) is 15.3. The fourth-order valence-corrected chi connectivity index (χ4v) is 2.73. The van der Waals surface area contributed by atoms with Gasteiger partial charge in [0, 0.05) is 32.7 Å². The lowest BCUT2D eigenvalue weighted by Crippen LogP contribution is -2.38. The van der Waals surface area contributed by atoms with Gasteiger partial charge in [0.05, 0.1) is 0 Å². The third kappa shape index (κ3) is 6.24. The molecule has 2 aromatic rings. The van der Waals surface area contributed by atoms with Crippen LogP contribution in [-0.4, -0.2) is 25.5 Å². The van der Waals surface area contributed by atoms with E-state index in [0.29, 0.717) is 0 Å². The molecule has 5 heteroatoms. The molecule has 0 aromatic heterocycles. The predicted octanol–water partition coefficient (Wildman–Crippen LogP) is 3.17. The molecule has 0 unspecified atom stereocenters. The molecule has 0 saturated heterocycles. The molecule has 0 aliphatic heterocycles. The van der Waals surface area contributed by atoms with E-state index in [1.165, 1.54) is 29.2 Å². The van der Waals surface area contributed by atoms with E-state index in [1.807, 2.05) is 24.3 Å². The number of rotatable bonds is 6. The normalized spacial score (nSPS) is 11.2. The van der Waals surface area contributed by atoms with Crippen LogP contribution in [0.15, 0.2) is 47.5 Å². The van der Waals surface area contributed by atoms with Crippen molar-refractivity contribution in [3.05, 3.63) is 64.7 Å². The van der Waals surface area contributed by atoms with Gasteiger partial charge in [0.15, 0.2) is 5.96 Å². The van der Waals surface area contributed by atoms with Crippen LogP contribution in [0.3, 0.4) is 0 Å². The molecule has 2 rings (SSSR count). The highest BCUT2D eigenvalue weighted by Gasteiger charge is 2.02. The first-order valence-electron chi connectivity index (χ1n) is 8.85. The molecule has 0 heterocycles. The third-order valence-corrected chi connectivity index (χ3v) is 4.15. The standard InChI is InChI=1S/C21H28N4O/c1-15-5-8-19(16(2)13-15)14-24-21(22-4)23-12-11-18-6-9-20(10-7-18)25-17(3)26/h5-10,13H,11-12,14H2,1-4H3,(H,25,26)(H2,22,23,24). The average molecular weight is 352 g/mol. The summed E-state index contributed by atoms with van der Waals surface area (Å²) < 4.78 is 0. The monoisotopic (exact) mass is 352 g/mol. The summed E-state index contributed by atoms with van der Waals surface area (Å²) in [5, 5.41) is 9.46. The van der Waals surface area contributed by atoms with Gasteiger partial charge < -0.3 is 16.0 Å². The first-order valence-corrected chi connectivity index (χ1v) is 8.85. The molecule has 26 heavy (non-hydrogen) atoms. The zero-order chi connectivity index (χ0) is 18.9. The van der Waals surface area contributed by atoms with Gasteiger partial charge in [0.1, 0.15) is 0 Å². The van der Waals surface area contributed by atoms with Crippen molar-refractivity contribution in [1.29, 1.82) is 0 Å². The Hall–Kier alpha value is -2.82. The Morgan fingerprint density at radius 3 is 2.38 bits per heavy atom. The van der Waals surface area contributed by atoms with Crippen molar-refractivity contribution in [3.8, 4) is 0 Å². The van der Waals surface area contributed by atoms with Crippen LogP contribution >= 0.6 is 0 Å². The summed E-state index contributed by atoms with van der Waals surface area (Å²) in [6, 6.07) is 14.4. The minimum absolute atomic E-state index is 0.0573. The topological polar surface area (TPSA) is 65.5 Å². The van der Waals surface area contributed by atoms with E-state index in [4.69, 9.17) is 0 Å². The Labute approximate surface area is 155 Å². The molecule has 2 aromatic carbocycles. The quantitative estimate of drug-likeness (QED) is 0.553. The summed E-state index contributed by atoms with van der Waals surface area (Å²) in [6.07, 6.45) is 0.880. The highest BCUT2D eigenvalue weighted by Crippen LogP contribution is 2.11. The van der Waals surface area contributed by atoms with Crippen molar-refractivity contribution < 1.29 is 4.79 Å². The number of aryl methyl sites for hydroxylation is 2. The second-order valence-electron chi connectivity index (χ2n) is 6.41. The first kappa shape index (κ1) is 19.5. The number of guanidine groups is 1. The van der Waals surface area contributed by atoms with Crippen molar-refractivity contribution in [1.82, 2.24) is 10.6 Å². The number of carbonyl (C=O) groups is 1. The predicted molar refractivity (Wildman–Crippen MR) is 109 cm³/mol. The Balaban J connectivity index is 1.79. The fourth-order valence-electron chi connectivity index (χ4n) is 2.73. The molecule has 0 fully saturated rings. The van der Waals surface area contributed by atoms with E-state index in [1.54, 1.807) is 7.05 Å². The lowest BCUT2D eigenvalue weighted by Gasteiger charge is -2.13. The molecular weight excluding hydrogens is 324 g/mol. The molecule has 5 nitrogen and oxygen atoms in total. The summed E-state index contributed by atoms with van der Waals surface area (Å²) in [6.45, 7) is 7.27. The van der Waals surface area contributed by atoms with Gasteiger partial charge >= 0.3 is 0 Å². The van der Waals surface area contributed by atoms with Crippen LogP contribution < -0.4 is 16.0 Å². The number of nitrogens with one attached hydrogen (secondary N) is 3. The van der Waals surface area contributed by atoms with E-state index >= 15 is 0 Å². The maximum absolute atomic E-state index is 11.0. The minimum Gasteiger partial charge on any atom is -0.356 e. The first-order chi connectivity index (χ1) is 12.5. The largest absolute Gasteiger partial charge is 0.356 e. The minimum atomic E-state index is -0.0573. The zero-order valence-electron chi connectivity index (χ0n) is 16.0. The number of hydrogen-bond acceptors (Lipinski definition) is 2. The Morgan fingerprint density at radius 2 is 1.77 bits per heavy atom. The maximum Gasteiger partial charge on any atom is 0.221 e. The number of hydrogen-bond donors (Lipinski definition) is 3. The van der Waals surface area contributed by atoms with E-state index in [0.717, 1.165) is 31.2 Å². The molecule has 0 atom stereocenters. The second-order valence-corrected chi connectivity index (χ2v) is 6.41. The van der Waals surface area contributed by atoms with Crippen molar-refractivity contribution in [2.75, 3.05) is 18.9 Å². The van der Waals surface area contributed by atoms with Crippen LogP contribution in [0, 0.1) is 13.8 Å². The lowest BCUT2D eigenvalue weighted by molar-refractivity contribution is -0.114. The summed E-state index contributed by atoms with van der Waals surface area (Å²) >= 11 is 0. The highest BCUT2D eigenvalue weighted by atomic mass is 16.1. The van der Waals surface area contributed by atoms with E-state index in [2.05, 4.69) is 53.0 Å². The van der Waals surface area contributed by atoms with Gasteiger partial charge in [-0.25, -0.2) is 0 Å². The van der Waals surface area contributed by atoms with Crippen LogP contribution in [0.4, 0.5) is 5.69 Å². The molecule has 1 amide bonds. The molecule has 0 bridgehead atoms. The maximum atomic E-state index is 11.0. The molecule has 0 radical (unpaired) electrons.